The molecule has 4 nitrogen and oxygen atoms in total. The molecule has 0 atom stereocenters. The molecule has 0 spiro atoms. The van der Waals surface area contributed by atoms with Crippen LogP contribution in [0.25, 0.3) is 20.4 Å². The third-order valence-corrected chi connectivity index (χ3v) is 10.4. The molecule has 134 valence electrons. The molecule has 0 aliphatic rings. The monoisotopic (exact) mass is 447 g/mol. The fourth-order valence-electron chi connectivity index (χ4n) is 3.00. The molecule has 4 aromatic rings. The summed E-state index contributed by atoms with van der Waals surface area (Å²) in [6, 6.07) is 12.7. The maximum absolute atomic E-state index is 5.40. The van der Waals surface area contributed by atoms with Gasteiger partial charge in [-0.1, -0.05) is 0 Å². The van der Waals surface area contributed by atoms with Crippen LogP contribution >= 0.6 is 22.7 Å². The van der Waals surface area contributed by atoms with Gasteiger partial charge in [0.15, 0.2) is 0 Å². The zero-order chi connectivity index (χ0) is 18.3. The zero-order valence-electron chi connectivity index (χ0n) is 15.1. The molecule has 2 heterocycles. The van der Waals surface area contributed by atoms with E-state index in [1.165, 1.54) is 27.6 Å². The Morgan fingerprint density at radius 2 is 1.69 bits per heavy atom. The van der Waals surface area contributed by atoms with E-state index in [1.807, 2.05) is 34.8 Å². The van der Waals surface area contributed by atoms with Gasteiger partial charge in [0.1, 0.15) is 0 Å². The molecule has 0 aliphatic heterocycles. The van der Waals surface area contributed by atoms with Crippen molar-refractivity contribution in [3.05, 3.63) is 39.8 Å². The number of aryl methyl sites for hydroxylation is 2. The number of hydrogen-bond acceptors (Lipinski definition) is 4. The molecular weight excluding hydrogens is 427 g/mol. The summed E-state index contributed by atoms with van der Waals surface area (Å²) in [6.07, 6.45) is 0. The summed E-state index contributed by atoms with van der Waals surface area (Å²) >= 11 is 3.68. The van der Waals surface area contributed by atoms with Crippen molar-refractivity contribution in [1.82, 2.24) is 4.57 Å². The van der Waals surface area contributed by atoms with E-state index in [-0.39, 0.29) is 15.3 Å². The number of methoxy groups -OCH3 is 2. The summed E-state index contributed by atoms with van der Waals surface area (Å²) in [7, 11) is 5.61. The Balaban J connectivity index is 1.92. The van der Waals surface area contributed by atoms with Gasteiger partial charge in [-0.2, -0.15) is 0 Å². The SMILES string of the molecule is CC[n+]1c([As]=c2sc3cc(OC)ccc3n2C)sc2cc(OC)ccc21. The first-order valence-electron chi connectivity index (χ1n) is 8.33. The second-order valence-electron chi connectivity index (χ2n) is 5.85. The zero-order valence-corrected chi connectivity index (χ0v) is 18.7. The van der Waals surface area contributed by atoms with Crippen molar-refractivity contribution >= 4 is 62.2 Å². The molecular formula is C19H20AsN2O2S2+. The number of fused-ring (bicyclic) bond motifs is 2. The summed E-state index contributed by atoms with van der Waals surface area (Å²) in [4.78, 5) is 0. The first-order chi connectivity index (χ1) is 12.6. The van der Waals surface area contributed by atoms with Crippen molar-refractivity contribution in [3.8, 4) is 11.5 Å². The van der Waals surface area contributed by atoms with Crippen molar-refractivity contribution in [1.29, 1.82) is 0 Å². The van der Waals surface area contributed by atoms with Crippen LogP contribution in [0.3, 0.4) is 0 Å². The molecule has 2 aromatic heterocycles. The first kappa shape index (κ1) is 17.8. The Morgan fingerprint density at radius 3 is 2.38 bits per heavy atom. The van der Waals surface area contributed by atoms with Crippen LogP contribution in [-0.2, 0) is 13.6 Å². The van der Waals surface area contributed by atoms with E-state index >= 15 is 0 Å². The van der Waals surface area contributed by atoms with E-state index in [4.69, 9.17) is 9.47 Å². The third-order valence-electron chi connectivity index (χ3n) is 4.41. The Kier molecular flexibility index (Phi) is 4.91. The number of ether oxygens (including phenoxy) is 2. The second-order valence-corrected chi connectivity index (χ2v) is 11.5. The number of hydrogen-bond donors (Lipinski definition) is 0. The number of rotatable bonds is 4. The molecule has 0 saturated heterocycles. The molecule has 0 saturated carbocycles. The van der Waals surface area contributed by atoms with Crippen molar-refractivity contribution in [2.24, 2.45) is 7.05 Å². The Labute approximate surface area is 166 Å². The van der Waals surface area contributed by atoms with Crippen molar-refractivity contribution in [2.75, 3.05) is 14.2 Å². The van der Waals surface area contributed by atoms with E-state index in [1.54, 1.807) is 14.2 Å². The molecule has 7 heteroatoms. The minimum absolute atomic E-state index is 0.0892. The molecule has 0 amide bonds. The summed E-state index contributed by atoms with van der Waals surface area (Å²) in [5.41, 5.74) is 2.57. The van der Waals surface area contributed by atoms with Gasteiger partial charge in [-0.05, 0) is 0 Å². The fraction of sp³-hybridized carbons (Fsp3) is 0.263. The van der Waals surface area contributed by atoms with E-state index in [0.29, 0.717) is 0 Å². The van der Waals surface area contributed by atoms with Crippen molar-refractivity contribution in [3.63, 3.8) is 0 Å². The van der Waals surface area contributed by atoms with Gasteiger partial charge < -0.3 is 0 Å². The Morgan fingerprint density at radius 1 is 1.00 bits per heavy atom. The van der Waals surface area contributed by atoms with Gasteiger partial charge in [0.25, 0.3) is 0 Å². The van der Waals surface area contributed by atoms with Crippen LogP contribution in [0.1, 0.15) is 6.92 Å². The molecule has 0 aliphatic carbocycles. The van der Waals surface area contributed by atoms with Crippen LogP contribution < -0.4 is 17.8 Å². The minimum atomic E-state index is -0.0892. The van der Waals surface area contributed by atoms with Gasteiger partial charge in [-0.3, -0.25) is 0 Å². The topological polar surface area (TPSA) is 27.3 Å². The standard InChI is InChI=1S/C19H20AsN2O2S2/c1-5-22-15-9-7-13(24-4)11-17(15)26-19(22)20-18-21(2)14-8-6-12(23-3)10-16(14)25-18/h6-11H,5H2,1-4H3/q+1. The van der Waals surface area contributed by atoms with Gasteiger partial charge in [0, 0.05) is 0 Å². The molecule has 4 rings (SSSR count). The normalized spacial score (nSPS) is 12.2. The van der Waals surface area contributed by atoms with E-state index < -0.39 is 0 Å². The quantitative estimate of drug-likeness (QED) is 0.355. The first-order valence-corrected chi connectivity index (χ1v) is 11.8. The van der Waals surface area contributed by atoms with E-state index in [9.17, 15) is 0 Å². The number of benzene rings is 2. The predicted molar refractivity (Wildman–Crippen MR) is 110 cm³/mol. The molecule has 0 radical (unpaired) electrons. The summed E-state index contributed by atoms with van der Waals surface area (Å²) in [5.74, 6) is 1.84. The molecule has 0 fully saturated rings. The summed E-state index contributed by atoms with van der Waals surface area (Å²) in [5, 5.41) is 0. The van der Waals surface area contributed by atoms with Crippen LogP contribution in [0, 0.1) is 3.39 Å². The van der Waals surface area contributed by atoms with Gasteiger partial charge in [-0.25, -0.2) is 0 Å². The Bertz CT molecular complexity index is 1170. The molecule has 0 N–H and O–H groups in total. The van der Waals surface area contributed by atoms with Crippen LogP contribution in [0.4, 0.5) is 0 Å². The van der Waals surface area contributed by atoms with Crippen molar-refractivity contribution in [2.45, 2.75) is 13.5 Å². The van der Waals surface area contributed by atoms with Gasteiger partial charge in [0.2, 0.25) is 0 Å². The van der Waals surface area contributed by atoms with Crippen LogP contribution in [-0.4, -0.2) is 34.1 Å². The fourth-order valence-corrected chi connectivity index (χ4v) is 9.67. The maximum atomic E-state index is 5.40. The number of thiazole rings is 2. The molecule has 0 bridgehead atoms. The van der Waals surface area contributed by atoms with Crippen molar-refractivity contribution < 1.29 is 14.0 Å². The van der Waals surface area contributed by atoms with Gasteiger partial charge in [0.05, 0.1) is 0 Å². The van der Waals surface area contributed by atoms with E-state index in [0.717, 1.165) is 18.0 Å². The van der Waals surface area contributed by atoms with E-state index in [2.05, 4.69) is 47.4 Å². The van der Waals surface area contributed by atoms with Crippen LogP contribution in [0.2, 0.25) is 0 Å². The second kappa shape index (κ2) is 7.18. The van der Waals surface area contributed by atoms with Gasteiger partial charge in [-0.15, -0.1) is 0 Å². The number of aromatic nitrogens is 2. The average molecular weight is 447 g/mol. The Hall–Kier alpha value is -1.62. The summed E-state index contributed by atoms with van der Waals surface area (Å²) in [6.45, 7) is 3.20. The number of nitrogens with zero attached hydrogens (tertiary/aromatic N) is 2. The molecule has 2 aromatic carbocycles. The third kappa shape index (κ3) is 3.00. The summed E-state index contributed by atoms with van der Waals surface area (Å²) < 4.78 is 21.0. The molecule has 26 heavy (non-hydrogen) atoms. The predicted octanol–water partition coefficient (Wildman–Crippen LogP) is 3.34. The van der Waals surface area contributed by atoms with Crippen LogP contribution in [0.15, 0.2) is 36.4 Å². The van der Waals surface area contributed by atoms with Crippen LogP contribution in [0.5, 0.6) is 11.5 Å². The average Bonchev–Trinajstić information content (AvgIpc) is 3.17. The van der Waals surface area contributed by atoms with Gasteiger partial charge >= 0.3 is 167 Å². The molecule has 0 unspecified atom stereocenters.